The number of hydrogen-bond acceptors (Lipinski definition) is 4. The van der Waals surface area contributed by atoms with E-state index < -0.39 is 11.4 Å². The van der Waals surface area contributed by atoms with Crippen molar-refractivity contribution in [3.8, 4) is 17.0 Å². The molecule has 0 bridgehead atoms. The third-order valence-electron chi connectivity index (χ3n) is 4.96. The molecule has 8 heteroatoms. The first-order valence-corrected chi connectivity index (χ1v) is 10.5. The fourth-order valence-corrected chi connectivity index (χ4v) is 3.96. The van der Waals surface area contributed by atoms with E-state index in [4.69, 9.17) is 14.6 Å². The Labute approximate surface area is 179 Å². The van der Waals surface area contributed by atoms with Gasteiger partial charge in [-0.1, -0.05) is 0 Å². The van der Waals surface area contributed by atoms with Gasteiger partial charge in [-0.15, -0.1) is 0 Å². The van der Waals surface area contributed by atoms with Gasteiger partial charge >= 0.3 is 6.09 Å². The quantitative estimate of drug-likeness (QED) is 0.610. The summed E-state index contributed by atoms with van der Waals surface area (Å²) in [4.78, 5) is 14.0. The average Bonchev–Trinajstić information content (AvgIpc) is 2.95. The second kappa shape index (κ2) is 8.34. The SMILES string of the molecule is COc1ccc(-c2nn(C3CCN(C(=O)OC(C)(C)C)CC3)c(C)c2Br)cc1F. The Bertz CT molecular complexity index is 899. The van der Waals surface area contributed by atoms with Crippen molar-refractivity contribution in [3.63, 3.8) is 0 Å². The van der Waals surface area contributed by atoms with Crippen molar-refractivity contribution in [1.29, 1.82) is 0 Å². The Hall–Kier alpha value is -2.09. The first-order valence-electron chi connectivity index (χ1n) is 9.67. The molecule has 1 aliphatic rings. The molecule has 158 valence electrons. The van der Waals surface area contributed by atoms with E-state index in [2.05, 4.69) is 15.9 Å². The van der Waals surface area contributed by atoms with Gasteiger partial charge in [-0.2, -0.15) is 5.10 Å². The van der Waals surface area contributed by atoms with E-state index in [1.807, 2.05) is 32.4 Å². The van der Waals surface area contributed by atoms with Crippen LogP contribution in [0.2, 0.25) is 0 Å². The van der Waals surface area contributed by atoms with Crippen LogP contribution in [-0.4, -0.2) is 46.6 Å². The first-order chi connectivity index (χ1) is 13.6. The number of hydrogen-bond donors (Lipinski definition) is 0. The third-order valence-corrected chi connectivity index (χ3v) is 5.91. The molecule has 0 radical (unpaired) electrons. The second-order valence-electron chi connectivity index (χ2n) is 8.24. The largest absolute Gasteiger partial charge is 0.494 e. The number of halogens is 2. The smallest absolute Gasteiger partial charge is 0.410 e. The number of methoxy groups -OCH3 is 1. The number of likely N-dealkylation sites (tertiary alicyclic amines) is 1. The highest BCUT2D eigenvalue weighted by Gasteiger charge is 2.29. The van der Waals surface area contributed by atoms with E-state index >= 15 is 0 Å². The van der Waals surface area contributed by atoms with Crippen molar-refractivity contribution in [2.24, 2.45) is 0 Å². The van der Waals surface area contributed by atoms with E-state index in [-0.39, 0.29) is 17.9 Å². The van der Waals surface area contributed by atoms with Gasteiger partial charge < -0.3 is 14.4 Å². The lowest BCUT2D eigenvalue weighted by Crippen LogP contribution is -2.42. The molecular weight excluding hydrogens is 441 g/mol. The van der Waals surface area contributed by atoms with Crippen molar-refractivity contribution in [1.82, 2.24) is 14.7 Å². The van der Waals surface area contributed by atoms with Crippen LogP contribution in [0.5, 0.6) is 5.75 Å². The number of aromatic nitrogens is 2. The number of carbonyl (C=O) groups excluding carboxylic acids is 1. The molecule has 0 N–H and O–H groups in total. The molecule has 1 fully saturated rings. The number of ether oxygens (including phenoxy) is 2. The normalized spacial score (nSPS) is 15.5. The van der Waals surface area contributed by atoms with Gasteiger partial charge in [0, 0.05) is 18.7 Å². The summed E-state index contributed by atoms with van der Waals surface area (Å²) in [5.74, 6) is -0.217. The minimum absolute atomic E-state index is 0.168. The minimum Gasteiger partial charge on any atom is -0.494 e. The second-order valence-corrected chi connectivity index (χ2v) is 9.03. The number of amides is 1. The molecule has 1 amide bonds. The van der Waals surface area contributed by atoms with E-state index in [1.54, 1.807) is 17.0 Å². The molecule has 29 heavy (non-hydrogen) atoms. The van der Waals surface area contributed by atoms with Crippen LogP contribution in [-0.2, 0) is 4.74 Å². The van der Waals surface area contributed by atoms with Crippen LogP contribution in [0, 0.1) is 12.7 Å². The van der Waals surface area contributed by atoms with Crippen molar-refractivity contribution in [2.45, 2.75) is 52.2 Å². The highest BCUT2D eigenvalue weighted by atomic mass is 79.9. The zero-order valence-electron chi connectivity index (χ0n) is 17.5. The summed E-state index contributed by atoms with van der Waals surface area (Å²) in [6, 6.07) is 5.00. The lowest BCUT2D eigenvalue weighted by molar-refractivity contribution is 0.0184. The van der Waals surface area contributed by atoms with E-state index in [0.29, 0.717) is 24.3 Å². The summed E-state index contributed by atoms with van der Waals surface area (Å²) in [6.07, 6.45) is 1.29. The molecule has 2 heterocycles. The maximum Gasteiger partial charge on any atom is 0.410 e. The van der Waals surface area contributed by atoms with Gasteiger partial charge in [-0.05, 0) is 74.7 Å². The molecule has 0 spiro atoms. The van der Waals surface area contributed by atoms with Gasteiger partial charge in [-0.3, -0.25) is 4.68 Å². The summed E-state index contributed by atoms with van der Waals surface area (Å²) in [7, 11) is 1.44. The predicted octanol–water partition coefficient (Wildman–Crippen LogP) is 5.34. The zero-order valence-corrected chi connectivity index (χ0v) is 19.0. The lowest BCUT2D eigenvalue weighted by Gasteiger charge is -2.33. The molecule has 6 nitrogen and oxygen atoms in total. The standard InChI is InChI=1S/C21H27BrFN3O3/c1-13-18(22)19(14-6-7-17(28-5)16(23)12-14)24-26(13)15-8-10-25(11-9-15)20(27)29-21(2,3)4/h6-7,12,15H,8-11H2,1-5H3. The molecule has 0 atom stereocenters. The maximum absolute atomic E-state index is 14.1. The van der Waals surface area contributed by atoms with Crippen LogP contribution in [0.25, 0.3) is 11.3 Å². The van der Waals surface area contributed by atoms with E-state index in [9.17, 15) is 9.18 Å². The highest BCUT2D eigenvalue weighted by Crippen LogP contribution is 2.35. The van der Waals surface area contributed by atoms with Crippen LogP contribution >= 0.6 is 15.9 Å². The van der Waals surface area contributed by atoms with Gasteiger partial charge in [0.15, 0.2) is 11.6 Å². The highest BCUT2D eigenvalue weighted by molar-refractivity contribution is 9.10. The molecule has 1 saturated heterocycles. The average molecular weight is 468 g/mol. The Morgan fingerprint density at radius 1 is 1.28 bits per heavy atom. The summed E-state index contributed by atoms with van der Waals surface area (Å²) in [5.41, 5.74) is 1.86. The van der Waals surface area contributed by atoms with Crippen LogP contribution in [0.1, 0.15) is 45.3 Å². The van der Waals surface area contributed by atoms with Gasteiger partial charge in [0.05, 0.1) is 23.3 Å². The fourth-order valence-electron chi connectivity index (χ4n) is 3.47. The van der Waals surface area contributed by atoms with Gasteiger partial charge in [-0.25, -0.2) is 9.18 Å². The number of carbonyl (C=O) groups is 1. The Balaban J connectivity index is 1.76. The number of nitrogens with zero attached hydrogens (tertiary/aromatic N) is 3. The number of rotatable bonds is 3. The fraction of sp³-hybridized carbons (Fsp3) is 0.524. The van der Waals surface area contributed by atoms with E-state index in [0.717, 1.165) is 23.0 Å². The zero-order chi connectivity index (χ0) is 21.3. The maximum atomic E-state index is 14.1. The van der Waals surface area contributed by atoms with Crippen LogP contribution in [0.15, 0.2) is 22.7 Å². The number of benzene rings is 1. The monoisotopic (exact) mass is 467 g/mol. The van der Waals surface area contributed by atoms with Crippen LogP contribution in [0.3, 0.4) is 0 Å². The molecular formula is C21H27BrFN3O3. The van der Waals surface area contributed by atoms with Crippen LogP contribution < -0.4 is 4.74 Å². The first kappa shape index (κ1) is 21.6. The van der Waals surface area contributed by atoms with Gasteiger partial charge in [0.2, 0.25) is 0 Å². The summed E-state index contributed by atoms with van der Waals surface area (Å²) in [5, 5.41) is 4.76. The van der Waals surface area contributed by atoms with Crippen molar-refractivity contribution >= 4 is 22.0 Å². The van der Waals surface area contributed by atoms with Crippen LogP contribution in [0.4, 0.5) is 9.18 Å². The Morgan fingerprint density at radius 3 is 2.48 bits per heavy atom. The summed E-state index contributed by atoms with van der Waals surface area (Å²) < 4.78 is 27.4. The molecule has 0 saturated carbocycles. The van der Waals surface area contributed by atoms with Crippen molar-refractivity contribution < 1.29 is 18.7 Å². The third kappa shape index (κ3) is 4.74. The molecule has 0 aliphatic carbocycles. The minimum atomic E-state index is -0.500. The Morgan fingerprint density at radius 2 is 1.93 bits per heavy atom. The molecule has 1 aromatic heterocycles. The molecule has 2 aromatic rings. The van der Waals surface area contributed by atoms with Crippen molar-refractivity contribution in [3.05, 3.63) is 34.2 Å². The lowest BCUT2D eigenvalue weighted by atomic mass is 10.1. The molecule has 0 unspecified atom stereocenters. The van der Waals surface area contributed by atoms with Crippen molar-refractivity contribution in [2.75, 3.05) is 20.2 Å². The summed E-state index contributed by atoms with van der Waals surface area (Å²) in [6.45, 7) is 8.82. The topological polar surface area (TPSA) is 56.6 Å². The molecule has 3 rings (SSSR count). The van der Waals surface area contributed by atoms with Gasteiger partial charge in [0.25, 0.3) is 0 Å². The predicted molar refractivity (Wildman–Crippen MR) is 113 cm³/mol. The van der Waals surface area contributed by atoms with Gasteiger partial charge in [0.1, 0.15) is 11.3 Å². The number of piperidine rings is 1. The van der Waals surface area contributed by atoms with E-state index in [1.165, 1.54) is 13.2 Å². The Kier molecular flexibility index (Phi) is 6.22. The molecule has 1 aliphatic heterocycles. The molecule has 1 aromatic carbocycles. The summed E-state index contributed by atoms with van der Waals surface area (Å²) >= 11 is 3.61.